The molecule has 172 valence electrons. The first-order valence-corrected chi connectivity index (χ1v) is 10.4. The predicted molar refractivity (Wildman–Crippen MR) is 111 cm³/mol. The first-order valence-electron chi connectivity index (χ1n) is 9.44. The average molecular weight is 495 g/mol. The van der Waals surface area contributed by atoms with Gasteiger partial charge in [-0.25, -0.2) is 0 Å². The van der Waals surface area contributed by atoms with Crippen LogP contribution in [0.25, 0.3) is 0 Å². The van der Waals surface area contributed by atoms with Crippen LogP contribution in [0.5, 0.6) is 0 Å². The second kappa shape index (κ2) is 15.3. The first kappa shape index (κ1) is 26.5. The summed E-state index contributed by atoms with van der Waals surface area (Å²) in [5.74, 6) is 0. The third kappa shape index (κ3) is 9.96. The minimum absolute atomic E-state index is 0.0147. The maximum atomic E-state index is 5.93. The van der Waals surface area contributed by atoms with Gasteiger partial charge in [0.05, 0.1) is 0 Å². The van der Waals surface area contributed by atoms with Crippen LogP contribution in [0.2, 0.25) is 0 Å². The molecule has 0 N–H and O–H groups in total. The van der Waals surface area contributed by atoms with Gasteiger partial charge in [0, 0.05) is 0 Å². The van der Waals surface area contributed by atoms with E-state index in [4.69, 9.17) is 43.8 Å². The largest absolute Gasteiger partial charge is 0.355 e. The summed E-state index contributed by atoms with van der Waals surface area (Å²) in [7, 11) is 0. The number of alkyl halides is 1. The predicted octanol–water partition coefficient (Wildman–Crippen LogP) is 4.92. The van der Waals surface area contributed by atoms with E-state index in [-0.39, 0.29) is 6.61 Å². The van der Waals surface area contributed by atoms with Gasteiger partial charge in [0.2, 0.25) is 0 Å². The third-order valence-corrected chi connectivity index (χ3v) is 4.07. The van der Waals surface area contributed by atoms with Gasteiger partial charge in [-0.05, 0) is 64.8 Å². The Balaban J connectivity index is 2.99. The second-order valence-electron chi connectivity index (χ2n) is 6.71. The van der Waals surface area contributed by atoms with Gasteiger partial charge in [-0.1, -0.05) is 15.9 Å². The Hall–Kier alpha value is -1.56. The van der Waals surface area contributed by atoms with E-state index in [1.165, 1.54) is 25.0 Å². The summed E-state index contributed by atoms with van der Waals surface area (Å²) in [5.41, 5.74) is 1.85. The van der Waals surface area contributed by atoms with Gasteiger partial charge < -0.3 is 24.3 Å². The van der Waals surface area contributed by atoms with Gasteiger partial charge in [0.15, 0.2) is 18.3 Å². The maximum Gasteiger partial charge on any atom is 0.174 e. The molecule has 0 radical (unpaired) electrons. The number of hydrogen-bond donors (Lipinski definition) is 0. The van der Waals surface area contributed by atoms with E-state index in [0.29, 0.717) is 0 Å². The van der Waals surface area contributed by atoms with Crippen molar-refractivity contribution in [3.05, 3.63) is 48.3 Å². The van der Waals surface area contributed by atoms with Gasteiger partial charge in [0.25, 0.3) is 0 Å². The number of halogens is 1. The van der Waals surface area contributed by atoms with Gasteiger partial charge in [0.1, 0.15) is 42.8 Å². The molecule has 30 heavy (non-hydrogen) atoms. The summed E-state index contributed by atoms with van der Waals surface area (Å²) in [6.45, 7) is 11.1. The van der Waals surface area contributed by atoms with Crippen molar-refractivity contribution < 1.29 is 43.8 Å². The van der Waals surface area contributed by atoms with Gasteiger partial charge in [-0.15, -0.1) is 0 Å². The van der Waals surface area contributed by atoms with Crippen molar-refractivity contribution in [1.29, 1.82) is 0 Å². The molecular formula is C20H31BrO9. The van der Waals surface area contributed by atoms with E-state index in [1.807, 2.05) is 27.7 Å². The van der Waals surface area contributed by atoms with E-state index in [1.54, 1.807) is 26.0 Å². The molecule has 0 unspecified atom stereocenters. The van der Waals surface area contributed by atoms with Crippen LogP contribution in [-0.2, 0) is 43.8 Å². The summed E-state index contributed by atoms with van der Waals surface area (Å²) >= 11 is 3.43. The summed E-state index contributed by atoms with van der Waals surface area (Å²) < 4.78 is 5.93. The summed E-state index contributed by atoms with van der Waals surface area (Å²) in [6, 6.07) is 0. The lowest BCUT2D eigenvalue weighted by Crippen LogP contribution is -2.59. The zero-order valence-electron chi connectivity index (χ0n) is 18.1. The fraction of sp³-hybridized carbons (Fsp3) is 0.600. The molecule has 10 heteroatoms. The zero-order valence-corrected chi connectivity index (χ0v) is 19.7. The average Bonchev–Trinajstić information content (AvgIpc) is 2.68. The number of rotatable bonds is 13. The molecule has 1 heterocycles. The molecule has 5 atom stereocenters. The van der Waals surface area contributed by atoms with Crippen molar-refractivity contribution in [2.24, 2.45) is 0 Å². The fourth-order valence-electron chi connectivity index (χ4n) is 2.06. The molecular weight excluding hydrogens is 464 g/mol. The van der Waals surface area contributed by atoms with Crippen LogP contribution in [0.1, 0.15) is 41.5 Å². The Morgan fingerprint density at radius 2 is 1.30 bits per heavy atom. The molecule has 0 aromatic carbocycles. The normalized spacial score (nSPS) is 26.4. The Labute approximate surface area is 186 Å². The van der Waals surface area contributed by atoms with Crippen LogP contribution in [0.4, 0.5) is 0 Å². The molecule has 1 aliphatic heterocycles. The van der Waals surface area contributed by atoms with Crippen LogP contribution >= 0.6 is 15.9 Å². The van der Waals surface area contributed by atoms with E-state index >= 15 is 0 Å². The highest BCUT2D eigenvalue weighted by Gasteiger charge is 2.51. The summed E-state index contributed by atoms with van der Waals surface area (Å²) in [4.78, 5) is 42.2. The summed E-state index contributed by atoms with van der Waals surface area (Å²) in [6.07, 6.45) is 5.92. The molecule has 0 spiro atoms. The number of hydrogen-bond acceptors (Lipinski definition) is 9. The van der Waals surface area contributed by atoms with Crippen molar-refractivity contribution in [3.63, 3.8) is 0 Å². The lowest BCUT2D eigenvalue weighted by molar-refractivity contribution is -0.434. The van der Waals surface area contributed by atoms with Crippen molar-refractivity contribution in [2.75, 3.05) is 6.61 Å². The highest BCUT2D eigenvalue weighted by Crippen LogP contribution is 2.32. The van der Waals surface area contributed by atoms with Crippen molar-refractivity contribution in [2.45, 2.75) is 71.0 Å². The SMILES string of the molecule is C/C=C/OO[C@@H]1[C@@H](OOC=C(C)C)[C@@H](Br)O[C@H](COOC=C(C)C)[C@H]1OO/C=C/C. The quantitative estimate of drug-likeness (QED) is 0.116. The maximum absolute atomic E-state index is 5.93. The molecule has 0 aromatic rings. The topological polar surface area (TPSA) is 83.1 Å². The Bertz CT molecular complexity index is 583. The molecule has 9 nitrogen and oxygen atoms in total. The highest BCUT2D eigenvalue weighted by molar-refractivity contribution is 9.09. The minimum atomic E-state index is -0.827. The number of ether oxygens (including phenoxy) is 1. The summed E-state index contributed by atoms with van der Waals surface area (Å²) in [5, 5.41) is -0.638. The highest BCUT2D eigenvalue weighted by atomic mass is 79.9. The molecule has 0 saturated carbocycles. The van der Waals surface area contributed by atoms with Gasteiger partial charge in [-0.3, -0.25) is 0 Å². The van der Waals surface area contributed by atoms with Gasteiger partial charge >= 0.3 is 0 Å². The Morgan fingerprint density at radius 1 is 0.767 bits per heavy atom. The molecule has 0 bridgehead atoms. The first-order chi connectivity index (χ1) is 14.4. The van der Waals surface area contributed by atoms with Crippen LogP contribution in [0, 0.1) is 0 Å². The number of allylic oxidation sites excluding steroid dienone is 4. The Morgan fingerprint density at radius 3 is 1.87 bits per heavy atom. The van der Waals surface area contributed by atoms with Crippen LogP contribution < -0.4 is 0 Å². The van der Waals surface area contributed by atoms with Crippen LogP contribution in [0.15, 0.2) is 48.3 Å². The molecule has 1 fully saturated rings. The Kier molecular flexibility index (Phi) is 13.5. The van der Waals surface area contributed by atoms with Crippen molar-refractivity contribution >= 4 is 15.9 Å². The third-order valence-electron chi connectivity index (χ3n) is 3.33. The van der Waals surface area contributed by atoms with E-state index in [0.717, 1.165) is 11.1 Å². The van der Waals surface area contributed by atoms with Crippen molar-refractivity contribution in [1.82, 2.24) is 0 Å². The smallest absolute Gasteiger partial charge is 0.174 e. The minimum Gasteiger partial charge on any atom is -0.355 e. The van der Waals surface area contributed by atoms with Crippen molar-refractivity contribution in [3.8, 4) is 0 Å². The standard InChI is InChI=1S/C20H31BrO9/c1-7-9-22-28-17-16(13-25-24-11-14(3)4)27-20(21)19(30-26-12-15(5)6)18(17)29-23-10-8-2/h7-12,16-20H,13H2,1-6H3/b9-7+,10-8+/t16-,17-,18+,19-,20+/m1/s1. The zero-order chi connectivity index (χ0) is 22.4. The fourth-order valence-corrected chi connectivity index (χ4v) is 2.72. The lowest BCUT2D eigenvalue weighted by atomic mass is 10.0. The van der Waals surface area contributed by atoms with E-state index in [9.17, 15) is 0 Å². The second-order valence-corrected chi connectivity index (χ2v) is 7.61. The molecule has 1 rings (SSSR count). The molecule has 0 amide bonds. The van der Waals surface area contributed by atoms with Crippen LogP contribution in [0.3, 0.4) is 0 Å². The monoisotopic (exact) mass is 494 g/mol. The van der Waals surface area contributed by atoms with Gasteiger partial charge in [-0.2, -0.15) is 19.6 Å². The van der Waals surface area contributed by atoms with E-state index < -0.39 is 29.4 Å². The van der Waals surface area contributed by atoms with E-state index in [2.05, 4.69) is 15.9 Å². The van der Waals surface area contributed by atoms with Crippen LogP contribution in [-0.4, -0.2) is 36.0 Å². The molecule has 1 aliphatic rings. The molecule has 0 aromatic heterocycles. The molecule has 1 saturated heterocycles. The lowest BCUT2D eigenvalue weighted by Gasteiger charge is -2.40. The molecule has 0 aliphatic carbocycles.